The summed E-state index contributed by atoms with van der Waals surface area (Å²) >= 11 is 0. The number of halogens is 3. The van der Waals surface area contributed by atoms with Crippen molar-refractivity contribution in [1.82, 2.24) is 9.55 Å². The Kier molecular flexibility index (Phi) is 2.70. The molecule has 2 N–H and O–H groups in total. The summed E-state index contributed by atoms with van der Waals surface area (Å²) in [7, 11) is 0. The van der Waals surface area contributed by atoms with E-state index in [9.17, 15) is 13.2 Å². The number of hydrogen-bond donors (Lipinski definition) is 1. The average molecular weight is 281 g/mol. The highest BCUT2D eigenvalue weighted by atomic mass is 19.4. The lowest BCUT2D eigenvalue weighted by Gasteiger charge is -2.09. The van der Waals surface area contributed by atoms with Crippen LogP contribution >= 0.6 is 0 Å². The molecule has 0 spiro atoms. The molecule has 20 heavy (non-hydrogen) atoms. The van der Waals surface area contributed by atoms with E-state index in [0.29, 0.717) is 17.8 Å². The molecule has 7 heteroatoms. The molecule has 2 aromatic heterocycles. The Labute approximate surface area is 111 Å². The monoisotopic (exact) mass is 281 g/mol. The van der Waals surface area contributed by atoms with Crippen molar-refractivity contribution in [3.63, 3.8) is 0 Å². The summed E-state index contributed by atoms with van der Waals surface area (Å²) in [6.45, 7) is 0.360. The fourth-order valence-corrected chi connectivity index (χ4v) is 2.10. The Morgan fingerprint density at radius 3 is 2.75 bits per heavy atom. The number of imidazole rings is 1. The summed E-state index contributed by atoms with van der Waals surface area (Å²) < 4.78 is 45.0. The molecule has 1 aromatic carbocycles. The van der Waals surface area contributed by atoms with Crippen molar-refractivity contribution < 1.29 is 17.6 Å². The predicted octanol–water partition coefficient (Wildman–Crippen LogP) is 3.28. The van der Waals surface area contributed by atoms with Gasteiger partial charge in [0.15, 0.2) is 0 Å². The standard InChI is InChI=1S/C13H10F3N3O/c14-13(15,16)8-4-10(17)12-11(5-8)18-7-19(12)6-9-2-1-3-20-9/h1-5,7H,6,17H2. The van der Waals surface area contributed by atoms with Crippen LogP contribution in [0.15, 0.2) is 41.3 Å². The maximum absolute atomic E-state index is 12.7. The highest BCUT2D eigenvalue weighted by Crippen LogP contribution is 2.34. The number of aromatic nitrogens is 2. The quantitative estimate of drug-likeness (QED) is 0.733. The molecule has 0 bridgehead atoms. The zero-order chi connectivity index (χ0) is 14.3. The van der Waals surface area contributed by atoms with Gasteiger partial charge in [-0.15, -0.1) is 0 Å². The summed E-state index contributed by atoms with van der Waals surface area (Å²) in [5, 5.41) is 0. The number of hydrogen-bond acceptors (Lipinski definition) is 3. The summed E-state index contributed by atoms with van der Waals surface area (Å²) in [6.07, 6.45) is -1.46. The molecule has 0 aliphatic heterocycles. The fraction of sp³-hybridized carbons (Fsp3) is 0.154. The molecule has 104 valence electrons. The lowest BCUT2D eigenvalue weighted by molar-refractivity contribution is -0.137. The topological polar surface area (TPSA) is 57.0 Å². The van der Waals surface area contributed by atoms with Crippen LogP contribution in [-0.2, 0) is 12.7 Å². The van der Waals surface area contributed by atoms with Gasteiger partial charge in [-0.3, -0.25) is 0 Å². The third-order valence-corrected chi connectivity index (χ3v) is 2.98. The molecule has 3 rings (SSSR count). The number of benzene rings is 1. The number of fused-ring (bicyclic) bond motifs is 1. The van der Waals surface area contributed by atoms with Crippen molar-refractivity contribution >= 4 is 16.7 Å². The van der Waals surface area contributed by atoms with E-state index in [-0.39, 0.29) is 11.2 Å². The number of nitrogens with two attached hydrogens (primary N) is 1. The first-order chi connectivity index (χ1) is 9.45. The van der Waals surface area contributed by atoms with Crippen molar-refractivity contribution in [3.05, 3.63) is 48.2 Å². The normalized spacial score (nSPS) is 12.2. The molecule has 0 aliphatic carbocycles. The van der Waals surface area contributed by atoms with E-state index in [4.69, 9.17) is 10.2 Å². The van der Waals surface area contributed by atoms with Crippen molar-refractivity contribution in [3.8, 4) is 0 Å². The van der Waals surface area contributed by atoms with E-state index < -0.39 is 11.7 Å². The second-order valence-electron chi connectivity index (χ2n) is 4.38. The minimum atomic E-state index is -4.44. The summed E-state index contributed by atoms with van der Waals surface area (Å²) in [5.41, 5.74) is 5.66. The first-order valence-corrected chi connectivity index (χ1v) is 5.79. The Bertz CT molecular complexity index is 744. The van der Waals surface area contributed by atoms with Gasteiger partial charge in [-0.05, 0) is 24.3 Å². The third-order valence-electron chi connectivity index (χ3n) is 2.98. The van der Waals surface area contributed by atoms with Crippen LogP contribution in [-0.4, -0.2) is 9.55 Å². The maximum Gasteiger partial charge on any atom is 0.416 e. The molecular weight excluding hydrogens is 271 g/mol. The van der Waals surface area contributed by atoms with Crippen molar-refractivity contribution in [2.24, 2.45) is 0 Å². The minimum absolute atomic E-state index is 0.0406. The Balaban J connectivity index is 2.09. The summed E-state index contributed by atoms with van der Waals surface area (Å²) in [5.74, 6) is 0.670. The van der Waals surface area contributed by atoms with Crippen LogP contribution < -0.4 is 5.73 Å². The second kappa shape index (κ2) is 4.29. The number of furan rings is 1. The van der Waals surface area contributed by atoms with Crippen LogP contribution in [0.1, 0.15) is 11.3 Å². The molecule has 0 aliphatic rings. The van der Waals surface area contributed by atoms with Gasteiger partial charge in [0, 0.05) is 0 Å². The number of rotatable bonds is 2. The SMILES string of the molecule is Nc1cc(C(F)(F)F)cc2ncn(Cc3ccco3)c12. The Morgan fingerprint density at radius 2 is 2.10 bits per heavy atom. The maximum atomic E-state index is 12.7. The molecule has 0 saturated heterocycles. The molecule has 0 fully saturated rings. The minimum Gasteiger partial charge on any atom is -0.467 e. The van der Waals surface area contributed by atoms with E-state index in [1.165, 1.54) is 12.6 Å². The molecule has 0 amide bonds. The van der Waals surface area contributed by atoms with Gasteiger partial charge in [0.2, 0.25) is 0 Å². The predicted molar refractivity (Wildman–Crippen MR) is 67.0 cm³/mol. The molecule has 2 heterocycles. The van der Waals surface area contributed by atoms with Gasteiger partial charge in [0.05, 0.1) is 41.4 Å². The van der Waals surface area contributed by atoms with Crippen molar-refractivity contribution in [2.45, 2.75) is 12.7 Å². The first kappa shape index (κ1) is 12.6. The molecule has 0 saturated carbocycles. The Morgan fingerprint density at radius 1 is 1.30 bits per heavy atom. The highest BCUT2D eigenvalue weighted by molar-refractivity contribution is 5.88. The van der Waals surface area contributed by atoms with Gasteiger partial charge in [0.1, 0.15) is 5.76 Å². The first-order valence-electron chi connectivity index (χ1n) is 5.79. The van der Waals surface area contributed by atoms with Gasteiger partial charge >= 0.3 is 6.18 Å². The van der Waals surface area contributed by atoms with Crippen LogP contribution in [0.2, 0.25) is 0 Å². The van der Waals surface area contributed by atoms with E-state index >= 15 is 0 Å². The molecule has 4 nitrogen and oxygen atoms in total. The third kappa shape index (κ3) is 2.11. The zero-order valence-electron chi connectivity index (χ0n) is 10.2. The van der Waals surface area contributed by atoms with Crippen LogP contribution in [0, 0.1) is 0 Å². The second-order valence-corrected chi connectivity index (χ2v) is 4.38. The molecule has 0 atom stereocenters. The smallest absolute Gasteiger partial charge is 0.416 e. The van der Waals surface area contributed by atoms with E-state index in [0.717, 1.165) is 12.1 Å². The van der Waals surface area contributed by atoms with E-state index in [1.807, 2.05) is 0 Å². The van der Waals surface area contributed by atoms with Gasteiger partial charge in [0.25, 0.3) is 0 Å². The Hall–Kier alpha value is -2.44. The van der Waals surface area contributed by atoms with Crippen LogP contribution in [0.4, 0.5) is 18.9 Å². The van der Waals surface area contributed by atoms with Crippen LogP contribution in [0.25, 0.3) is 11.0 Å². The van der Waals surface area contributed by atoms with Gasteiger partial charge in [-0.25, -0.2) is 4.98 Å². The molecule has 0 unspecified atom stereocenters. The largest absolute Gasteiger partial charge is 0.467 e. The van der Waals surface area contributed by atoms with Gasteiger partial charge in [-0.1, -0.05) is 0 Å². The number of nitrogen functional groups attached to an aromatic ring is 1. The summed E-state index contributed by atoms with van der Waals surface area (Å²) in [6, 6.07) is 5.42. The molecular formula is C13H10F3N3O. The number of nitrogens with zero attached hydrogens (tertiary/aromatic N) is 2. The van der Waals surface area contributed by atoms with E-state index in [1.54, 1.807) is 16.7 Å². The molecule has 3 aromatic rings. The van der Waals surface area contributed by atoms with Crippen molar-refractivity contribution in [1.29, 1.82) is 0 Å². The lowest BCUT2D eigenvalue weighted by Crippen LogP contribution is -2.07. The molecule has 0 radical (unpaired) electrons. The van der Waals surface area contributed by atoms with Crippen molar-refractivity contribution in [2.75, 3.05) is 5.73 Å². The van der Waals surface area contributed by atoms with E-state index in [2.05, 4.69) is 4.98 Å². The summed E-state index contributed by atoms with van der Waals surface area (Å²) in [4.78, 5) is 3.98. The van der Waals surface area contributed by atoms with Crippen LogP contribution in [0.3, 0.4) is 0 Å². The number of alkyl halides is 3. The van der Waals surface area contributed by atoms with Crippen LogP contribution in [0.5, 0.6) is 0 Å². The van der Waals surface area contributed by atoms with Gasteiger partial charge in [-0.2, -0.15) is 13.2 Å². The average Bonchev–Trinajstić information content (AvgIpc) is 2.98. The van der Waals surface area contributed by atoms with Gasteiger partial charge < -0.3 is 14.7 Å². The highest BCUT2D eigenvalue weighted by Gasteiger charge is 2.31. The fourth-order valence-electron chi connectivity index (χ4n) is 2.10. The number of anilines is 1. The zero-order valence-corrected chi connectivity index (χ0v) is 10.2. The lowest BCUT2D eigenvalue weighted by atomic mass is 10.1.